The molecular weight excluding hydrogens is 384 g/mol. The molecule has 0 aliphatic carbocycles. The van der Waals surface area contributed by atoms with Gasteiger partial charge in [0.2, 0.25) is 11.8 Å². The predicted molar refractivity (Wildman–Crippen MR) is 111 cm³/mol. The van der Waals surface area contributed by atoms with Crippen LogP contribution in [0.2, 0.25) is 5.15 Å². The molecule has 144 valence electrons. The van der Waals surface area contributed by atoms with E-state index in [1.807, 2.05) is 25.1 Å². The zero-order valence-electron chi connectivity index (χ0n) is 15.5. The number of benzene rings is 1. The number of hydrogen-bond donors (Lipinski definition) is 2. The molecule has 2 aromatic rings. The van der Waals surface area contributed by atoms with Crippen LogP contribution in [0.4, 0.5) is 5.69 Å². The number of nitrogens with one attached hydrogen (secondary N) is 1. The summed E-state index contributed by atoms with van der Waals surface area (Å²) in [6.07, 6.45) is 3.08. The molecule has 1 heterocycles. The number of rotatable bonds is 8. The zero-order valence-corrected chi connectivity index (χ0v) is 17.1. The highest BCUT2D eigenvalue weighted by Gasteiger charge is 2.12. The lowest BCUT2D eigenvalue weighted by Crippen LogP contribution is -2.13. The van der Waals surface area contributed by atoms with Gasteiger partial charge in [0.25, 0.3) is 0 Å². The average Bonchev–Trinajstić information content (AvgIpc) is 2.85. The highest BCUT2D eigenvalue weighted by Crippen LogP contribution is 2.27. The summed E-state index contributed by atoms with van der Waals surface area (Å²) in [4.78, 5) is 24.1. The minimum absolute atomic E-state index is 0.145. The molecule has 0 atom stereocenters. The zero-order chi connectivity index (χ0) is 20.0. The SMILES string of the molecule is Cc1nn(CC(C)C)c(Cl)c1C=CC(=O)Nc1ccccc1SCC(N)=O. The molecule has 0 spiro atoms. The van der Waals surface area contributed by atoms with Crippen molar-refractivity contribution in [2.45, 2.75) is 32.2 Å². The van der Waals surface area contributed by atoms with Crippen LogP contribution in [0.1, 0.15) is 25.1 Å². The summed E-state index contributed by atoms with van der Waals surface area (Å²) in [5, 5.41) is 7.75. The molecule has 6 nitrogen and oxygen atoms in total. The maximum Gasteiger partial charge on any atom is 0.248 e. The lowest BCUT2D eigenvalue weighted by atomic mass is 10.2. The maximum absolute atomic E-state index is 12.3. The standard InChI is InChI=1S/C19H23ClN4O2S/c1-12(2)10-24-19(20)14(13(3)23-24)8-9-18(26)22-15-6-4-5-7-16(15)27-11-17(21)25/h4-9,12H,10-11H2,1-3H3,(H2,21,25)(H,22,26). The van der Waals surface area contributed by atoms with Crippen molar-refractivity contribution < 1.29 is 9.59 Å². The third-order valence-corrected chi connectivity index (χ3v) is 5.06. The Morgan fingerprint density at radius 3 is 2.74 bits per heavy atom. The van der Waals surface area contributed by atoms with Gasteiger partial charge in [-0.25, -0.2) is 0 Å². The second kappa shape index (κ2) is 9.62. The summed E-state index contributed by atoms with van der Waals surface area (Å²) in [6.45, 7) is 6.74. The van der Waals surface area contributed by atoms with Gasteiger partial charge in [-0.15, -0.1) is 11.8 Å². The van der Waals surface area contributed by atoms with Gasteiger partial charge in [-0.1, -0.05) is 37.6 Å². The van der Waals surface area contributed by atoms with Crippen LogP contribution < -0.4 is 11.1 Å². The van der Waals surface area contributed by atoms with E-state index < -0.39 is 5.91 Å². The number of halogens is 1. The Labute approximate surface area is 168 Å². The number of amides is 2. The molecule has 0 unspecified atom stereocenters. The number of para-hydroxylation sites is 1. The minimum atomic E-state index is -0.412. The van der Waals surface area contributed by atoms with E-state index in [0.717, 1.165) is 16.2 Å². The second-order valence-electron chi connectivity index (χ2n) is 6.44. The van der Waals surface area contributed by atoms with E-state index in [1.54, 1.807) is 16.8 Å². The predicted octanol–water partition coefficient (Wildman–Crippen LogP) is 3.73. The summed E-state index contributed by atoms with van der Waals surface area (Å²) in [5.74, 6) is -0.151. The molecule has 2 amide bonds. The van der Waals surface area contributed by atoms with Crippen molar-refractivity contribution in [3.63, 3.8) is 0 Å². The van der Waals surface area contributed by atoms with Crippen LogP contribution in [0.15, 0.2) is 35.2 Å². The number of carbonyl (C=O) groups is 2. The number of nitrogens with two attached hydrogens (primary N) is 1. The topological polar surface area (TPSA) is 90.0 Å². The van der Waals surface area contributed by atoms with E-state index in [-0.39, 0.29) is 11.7 Å². The van der Waals surface area contributed by atoms with Crippen LogP contribution in [0.5, 0.6) is 0 Å². The molecule has 0 saturated heterocycles. The van der Waals surface area contributed by atoms with Gasteiger partial charge in [-0.2, -0.15) is 5.10 Å². The number of hydrogen-bond acceptors (Lipinski definition) is 4. The molecule has 0 fully saturated rings. The largest absolute Gasteiger partial charge is 0.369 e. The molecule has 27 heavy (non-hydrogen) atoms. The van der Waals surface area contributed by atoms with Crippen LogP contribution in [-0.4, -0.2) is 27.3 Å². The van der Waals surface area contributed by atoms with Crippen molar-refractivity contribution in [3.05, 3.63) is 46.8 Å². The highest BCUT2D eigenvalue weighted by molar-refractivity contribution is 8.00. The number of aryl methyl sites for hydroxylation is 1. The van der Waals surface area contributed by atoms with Gasteiger partial charge in [0, 0.05) is 23.1 Å². The van der Waals surface area contributed by atoms with E-state index in [2.05, 4.69) is 24.3 Å². The van der Waals surface area contributed by atoms with Crippen molar-refractivity contribution in [2.75, 3.05) is 11.1 Å². The van der Waals surface area contributed by atoms with Gasteiger partial charge in [0.15, 0.2) is 0 Å². The number of carbonyl (C=O) groups excluding carboxylic acids is 2. The van der Waals surface area contributed by atoms with Crippen molar-refractivity contribution in [1.29, 1.82) is 0 Å². The van der Waals surface area contributed by atoms with Crippen LogP contribution in [0.25, 0.3) is 6.08 Å². The molecule has 0 saturated carbocycles. The Balaban J connectivity index is 2.10. The van der Waals surface area contributed by atoms with Gasteiger partial charge >= 0.3 is 0 Å². The Hall–Kier alpha value is -2.25. The summed E-state index contributed by atoms with van der Waals surface area (Å²) in [6, 6.07) is 7.24. The highest BCUT2D eigenvalue weighted by atomic mass is 35.5. The monoisotopic (exact) mass is 406 g/mol. The van der Waals surface area contributed by atoms with E-state index in [9.17, 15) is 9.59 Å². The molecule has 8 heteroatoms. The Morgan fingerprint density at radius 1 is 1.37 bits per heavy atom. The maximum atomic E-state index is 12.3. The van der Waals surface area contributed by atoms with E-state index in [4.69, 9.17) is 17.3 Å². The third kappa shape index (κ3) is 6.15. The minimum Gasteiger partial charge on any atom is -0.369 e. The summed E-state index contributed by atoms with van der Waals surface area (Å²) in [5.41, 5.74) is 7.30. The normalized spacial score (nSPS) is 11.3. The molecule has 1 aromatic heterocycles. The lowest BCUT2D eigenvalue weighted by molar-refractivity contribution is -0.115. The fraction of sp³-hybridized carbons (Fsp3) is 0.316. The quantitative estimate of drug-likeness (QED) is 0.516. The number of primary amides is 1. The smallest absolute Gasteiger partial charge is 0.248 e. The molecule has 0 aliphatic rings. The van der Waals surface area contributed by atoms with Crippen LogP contribution in [0.3, 0.4) is 0 Å². The second-order valence-corrected chi connectivity index (χ2v) is 7.81. The van der Waals surface area contributed by atoms with Crippen molar-refractivity contribution >= 4 is 46.9 Å². The van der Waals surface area contributed by atoms with Crippen LogP contribution in [-0.2, 0) is 16.1 Å². The Bertz CT molecular complexity index is 861. The average molecular weight is 407 g/mol. The van der Waals surface area contributed by atoms with Crippen molar-refractivity contribution in [1.82, 2.24) is 9.78 Å². The summed E-state index contributed by atoms with van der Waals surface area (Å²) >= 11 is 7.66. The van der Waals surface area contributed by atoms with Gasteiger partial charge in [-0.3, -0.25) is 14.3 Å². The van der Waals surface area contributed by atoms with Crippen LogP contribution in [0, 0.1) is 12.8 Å². The first-order valence-corrected chi connectivity index (χ1v) is 9.86. The Kier molecular flexibility index (Phi) is 7.50. The van der Waals surface area contributed by atoms with Gasteiger partial charge < -0.3 is 11.1 Å². The van der Waals surface area contributed by atoms with E-state index in [1.165, 1.54) is 17.8 Å². The summed E-state index contributed by atoms with van der Waals surface area (Å²) in [7, 11) is 0. The first-order chi connectivity index (χ1) is 12.8. The van der Waals surface area contributed by atoms with E-state index >= 15 is 0 Å². The number of thioether (sulfide) groups is 1. The number of nitrogens with zero attached hydrogens (tertiary/aromatic N) is 2. The fourth-order valence-electron chi connectivity index (χ4n) is 2.40. The van der Waals surface area contributed by atoms with Gasteiger partial charge in [0.1, 0.15) is 5.15 Å². The molecule has 2 rings (SSSR count). The molecule has 1 aromatic carbocycles. The molecule has 0 aliphatic heterocycles. The summed E-state index contributed by atoms with van der Waals surface area (Å²) < 4.78 is 1.74. The molecular formula is C19H23ClN4O2S. The third-order valence-electron chi connectivity index (χ3n) is 3.56. The first kappa shape index (κ1) is 21.1. The van der Waals surface area contributed by atoms with Crippen molar-refractivity contribution in [2.24, 2.45) is 11.7 Å². The number of anilines is 1. The van der Waals surface area contributed by atoms with Crippen LogP contribution >= 0.6 is 23.4 Å². The lowest BCUT2D eigenvalue weighted by Gasteiger charge is -2.08. The number of aromatic nitrogens is 2. The fourth-order valence-corrected chi connectivity index (χ4v) is 3.46. The first-order valence-electron chi connectivity index (χ1n) is 8.50. The van der Waals surface area contributed by atoms with Gasteiger partial charge in [-0.05, 0) is 31.1 Å². The Morgan fingerprint density at radius 2 is 2.07 bits per heavy atom. The molecule has 0 radical (unpaired) electrons. The molecule has 3 N–H and O–H groups in total. The molecule has 0 bridgehead atoms. The van der Waals surface area contributed by atoms with Crippen molar-refractivity contribution in [3.8, 4) is 0 Å². The van der Waals surface area contributed by atoms with Gasteiger partial charge in [0.05, 0.1) is 17.1 Å². The van der Waals surface area contributed by atoms with E-state index in [0.29, 0.717) is 23.3 Å².